The van der Waals surface area contributed by atoms with Gasteiger partial charge in [-0.15, -0.1) is 0 Å². The Bertz CT molecular complexity index is 307. The summed E-state index contributed by atoms with van der Waals surface area (Å²) in [4.78, 5) is 0. The van der Waals surface area contributed by atoms with Crippen LogP contribution in [0.15, 0.2) is 30.3 Å². The highest BCUT2D eigenvalue weighted by Crippen LogP contribution is 2.11. The van der Waals surface area contributed by atoms with Gasteiger partial charge >= 0.3 is 19.3 Å². The standard InChI is InChI=1S/C14H29.C7H7.ClH.Mg.H3N/c1-3-5-7-9-11-13-14-12-10-8-6-4-2;1-7-5-3-2-4-6-7;;;/h1,3-14H2,2H3;2-6H,1H2;1H;;1H3/q;;;+1;/p-1. The lowest BCUT2D eigenvalue weighted by atomic mass is 10.1. The third kappa shape index (κ3) is 20.3. The van der Waals surface area contributed by atoms with Crippen molar-refractivity contribution in [1.82, 2.24) is 6.15 Å². The molecule has 0 aliphatic rings. The molecule has 137 valence electrons. The van der Waals surface area contributed by atoms with E-state index in [4.69, 9.17) is 9.07 Å². The van der Waals surface area contributed by atoms with Gasteiger partial charge in [0.15, 0.2) is 0 Å². The first kappa shape index (κ1) is 26.5. The number of halogens is 1. The number of benzene rings is 1. The Kier molecular flexibility index (Phi) is 25.6. The molecule has 1 rings (SSSR count). The van der Waals surface area contributed by atoms with Crippen molar-refractivity contribution in [3.8, 4) is 0 Å². The number of hydrogen-bond donors (Lipinski definition) is 1. The van der Waals surface area contributed by atoms with E-state index in [9.17, 15) is 0 Å². The summed E-state index contributed by atoms with van der Waals surface area (Å²) in [5.41, 5.74) is 1.37. The van der Waals surface area contributed by atoms with Gasteiger partial charge in [-0.3, -0.25) is 0 Å². The lowest BCUT2D eigenvalue weighted by Gasteiger charge is -2.01. The van der Waals surface area contributed by atoms with Crippen LogP contribution in [0.25, 0.3) is 0 Å². The van der Waals surface area contributed by atoms with E-state index in [2.05, 4.69) is 38.1 Å². The van der Waals surface area contributed by atoms with Gasteiger partial charge in [0.25, 0.3) is 0 Å². The van der Waals surface area contributed by atoms with Crippen LogP contribution in [0.3, 0.4) is 0 Å². The molecule has 0 aromatic heterocycles. The molecule has 0 heterocycles. The third-order valence-electron chi connectivity index (χ3n) is 4.08. The van der Waals surface area contributed by atoms with E-state index in [0.717, 1.165) is 11.0 Å². The largest absolute Gasteiger partial charge is 0.505 e. The van der Waals surface area contributed by atoms with Gasteiger partial charge in [-0.2, -0.15) is 0 Å². The minimum absolute atomic E-state index is 0. The van der Waals surface area contributed by atoms with Crippen LogP contribution in [-0.2, 0) is 4.55 Å². The van der Waals surface area contributed by atoms with E-state index in [-0.39, 0.29) is 25.4 Å². The monoisotopic (exact) mass is 364 g/mol. The Morgan fingerprint density at radius 1 is 0.792 bits per heavy atom. The topological polar surface area (TPSA) is 35.0 Å². The number of unbranched alkanes of at least 4 members (excludes halogenated alkanes) is 11. The highest BCUT2D eigenvalue weighted by molar-refractivity contribution is 6.93. The first-order valence-corrected chi connectivity index (χ1v) is 12.9. The molecule has 0 atom stereocenters. The molecule has 0 fully saturated rings. The summed E-state index contributed by atoms with van der Waals surface area (Å²) < 4.78 is 1.11. The molecule has 0 aliphatic heterocycles. The first-order chi connectivity index (χ1) is 11.3. The summed E-state index contributed by atoms with van der Waals surface area (Å²) in [5.74, 6) is 0. The SMILES string of the molecule is N.[CH2]CCCCCCCCCCCCC.[Cl][Mg][CH2]c1ccccc1. The Hall–Kier alpha value is 0.236. The Morgan fingerprint density at radius 3 is 1.67 bits per heavy atom. The van der Waals surface area contributed by atoms with Crippen LogP contribution >= 0.6 is 9.07 Å². The molecule has 3 N–H and O–H groups in total. The van der Waals surface area contributed by atoms with E-state index in [1.165, 1.54) is 76.2 Å². The van der Waals surface area contributed by atoms with Crippen molar-refractivity contribution in [3.05, 3.63) is 42.8 Å². The van der Waals surface area contributed by atoms with Crippen LogP contribution in [0.2, 0.25) is 0 Å². The normalized spacial score (nSPS) is 9.46. The molecule has 0 saturated carbocycles. The minimum atomic E-state index is -0.312. The second-order valence-corrected chi connectivity index (χ2v) is 8.33. The zero-order valence-corrected chi connectivity index (χ0v) is 18.2. The maximum absolute atomic E-state index is 5.67. The van der Waals surface area contributed by atoms with E-state index in [1.54, 1.807) is 0 Å². The van der Waals surface area contributed by atoms with Gasteiger partial charge in [0, 0.05) is 0 Å². The van der Waals surface area contributed by atoms with Gasteiger partial charge in [0.05, 0.1) is 0 Å². The van der Waals surface area contributed by atoms with Gasteiger partial charge in [-0.25, -0.2) is 0 Å². The van der Waals surface area contributed by atoms with Crippen molar-refractivity contribution in [1.29, 1.82) is 0 Å². The molecule has 1 radical (unpaired) electrons. The molecule has 1 nitrogen and oxygen atoms in total. The Morgan fingerprint density at radius 2 is 1.25 bits per heavy atom. The molecule has 0 aliphatic carbocycles. The highest BCUT2D eigenvalue weighted by atomic mass is 35.5. The average molecular weight is 365 g/mol. The molecular formula is C21H39ClMgN. The van der Waals surface area contributed by atoms with E-state index < -0.39 is 0 Å². The molecule has 0 spiro atoms. The zero-order chi connectivity index (χ0) is 17.0. The first-order valence-electron chi connectivity index (χ1n) is 9.74. The van der Waals surface area contributed by atoms with Crippen molar-refractivity contribution in [2.24, 2.45) is 0 Å². The van der Waals surface area contributed by atoms with E-state index in [1.807, 2.05) is 6.07 Å². The van der Waals surface area contributed by atoms with Gasteiger partial charge in [0.2, 0.25) is 0 Å². The molecule has 0 unspecified atom stereocenters. The smallest absolute Gasteiger partial charge is 0.345 e. The second kappa shape index (κ2) is 23.2. The van der Waals surface area contributed by atoms with Crippen LogP contribution in [0.4, 0.5) is 0 Å². The van der Waals surface area contributed by atoms with Gasteiger partial charge in [-0.1, -0.05) is 131 Å². The van der Waals surface area contributed by atoms with Crippen LogP contribution < -0.4 is 6.15 Å². The van der Waals surface area contributed by atoms with Crippen molar-refractivity contribution in [3.63, 3.8) is 0 Å². The average Bonchev–Trinajstić information content (AvgIpc) is 2.58. The van der Waals surface area contributed by atoms with Crippen molar-refractivity contribution < 1.29 is 0 Å². The molecule has 0 saturated heterocycles. The van der Waals surface area contributed by atoms with E-state index >= 15 is 0 Å². The van der Waals surface area contributed by atoms with Crippen molar-refractivity contribution in [2.75, 3.05) is 0 Å². The molecule has 0 amide bonds. The molecule has 1 aromatic rings. The predicted octanol–water partition coefficient (Wildman–Crippen LogP) is 7.73. The van der Waals surface area contributed by atoms with Gasteiger partial charge in [0.1, 0.15) is 0 Å². The fourth-order valence-corrected chi connectivity index (χ4v) is 3.80. The fourth-order valence-electron chi connectivity index (χ4n) is 2.59. The Labute approximate surface area is 165 Å². The summed E-state index contributed by atoms with van der Waals surface area (Å²) in [6.07, 6.45) is 16.9. The predicted molar refractivity (Wildman–Crippen MR) is 113 cm³/mol. The van der Waals surface area contributed by atoms with Crippen molar-refractivity contribution >= 4 is 28.3 Å². The maximum atomic E-state index is 5.67. The lowest BCUT2D eigenvalue weighted by Crippen LogP contribution is -1.86. The maximum Gasteiger partial charge on any atom is 0.505 e. The van der Waals surface area contributed by atoms with Crippen LogP contribution in [0.1, 0.15) is 89.5 Å². The minimum Gasteiger partial charge on any atom is -0.345 e. The van der Waals surface area contributed by atoms with Crippen LogP contribution in [0.5, 0.6) is 0 Å². The fraction of sp³-hybridized carbons (Fsp3) is 0.667. The Balaban J connectivity index is 0. The summed E-state index contributed by atoms with van der Waals surface area (Å²) >= 11 is -0.312. The summed E-state index contributed by atoms with van der Waals surface area (Å²) in [7, 11) is 5.67. The third-order valence-corrected chi connectivity index (χ3v) is 5.41. The molecule has 3 heteroatoms. The summed E-state index contributed by atoms with van der Waals surface area (Å²) in [6, 6.07) is 10.4. The molecule has 0 bridgehead atoms. The van der Waals surface area contributed by atoms with Crippen LogP contribution in [-0.4, -0.2) is 19.3 Å². The van der Waals surface area contributed by atoms with Crippen molar-refractivity contribution in [2.45, 2.75) is 88.5 Å². The summed E-state index contributed by atoms with van der Waals surface area (Å²) in [5, 5.41) is 0. The second-order valence-electron chi connectivity index (χ2n) is 6.31. The summed E-state index contributed by atoms with van der Waals surface area (Å²) in [6.45, 7) is 6.14. The van der Waals surface area contributed by atoms with E-state index in [0.29, 0.717) is 0 Å². The zero-order valence-electron chi connectivity index (χ0n) is 16.1. The van der Waals surface area contributed by atoms with Gasteiger partial charge < -0.3 is 15.2 Å². The number of hydrogen-bond acceptors (Lipinski definition) is 1. The highest BCUT2D eigenvalue weighted by Gasteiger charge is 1.92. The van der Waals surface area contributed by atoms with Gasteiger partial charge in [-0.05, 0) is 0 Å². The van der Waals surface area contributed by atoms with Crippen LogP contribution in [0, 0.1) is 6.92 Å². The number of rotatable bonds is 13. The molecule has 24 heavy (non-hydrogen) atoms. The molecular weight excluding hydrogens is 326 g/mol. The quantitative estimate of drug-likeness (QED) is 0.282. The lowest BCUT2D eigenvalue weighted by molar-refractivity contribution is 0.550. The molecule has 1 aromatic carbocycles.